The second kappa shape index (κ2) is 13.7. The molecule has 11 nitrogen and oxygen atoms in total. The molecule has 280 valence electrons. The van der Waals surface area contributed by atoms with Crippen LogP contribution in [0.2, 0.25) is 18.6 Å². The number of anilines is 3. The van der Waals surface area contributed by atoms with Crippen molar-refractivity contribution in [1.82, 2.24) is 4.90 Å². The molecule has 2 N–H and O–H groups in total. The van der Waals surface area contributed by atoms with Crippen LogP contribution < -0.4 is 19.3 Å². The second-order valence-electron chi connectivity index (χ2n) is 15.3. The summed E-state index contributed by atoms with van der Waals surface area (Å²) in [6.07, 6.45) is -0.234. The molecule has 0 unspecified atom stereocenters. The summed E-state index contributed by atoms with van der Waals surface area (Å²) in [5, 5.41) is 10.3. The van der Waals surface area contributed by atoms with E-state index in [0.29, 0.717) is 47.1 Å². The summed E-state index contributed by atoms with van der Waals surface area (Å²) >= 11 is 0. The van der Waals surface area contributed by atoms with E-state index in [9.17, 15) is 19.5 Å². The molecule has 1 spiro atoms. The molecule has 1 saturated heterocycles. The van der Waals surface area contributed by atoms with Crippen LogP contribution in [-0.4, -0.2) is 73.3 Å². The molecule has 3 amide bonds. The normalized spacial score (nSPS) is 24.7. The standard InChI is InChI=1S/C42H45N3O8Si/c1-26-40(54(3,4)50)37(21-38(47)43-23-29-10-6-5-9-28(29)19-31(43)24-46)53-42(26)33-20-32(51-2)17-18-34(33)44(41(42)49)22-27-13-15-30(16-14-27)45-35-11-7-8-12-36(35)52-25-39(45)48/h5-18,20,26,31,37,40,46,50H,19,21-25H2,1-4H3/t26-,31-,37+,40-,42+/m0/s1. The van der Waals surface area contributed by atoms with Crippen LogP contribution in [-0.2, 0) is 44.2 Å². The maximum Gasteiger partial charge on any atom is 0.269 e. The minimum atomic E-state index is -3.05. The number of nitrogens with zero attached hydrogens (tertiary/aromatic N) is 3. The lowest BCUT2D eigenvalue weighted by atomic mass is 9.82. The van der Waals surface area contributed by atoms with Crippen molar-refractivity contribution >= 4 is 43.1 Å². The maximum atomic E-state index is 15.0. The Morgan fingerprint density at radius 1 is 0.963 bits per heavy atom. The minimum Gasteiger partial charge on any atom is -0.497 e. The van der Waals surface area contributed by atoms with Crippen molar-refractivity contribution < 1.29 is 38.5 Å². The molecule has 0 aliphatic carbocycles. The van der Waals surface area contributed by atoms with E-state index < -0.39 is 31.5 Å². The average Bonchev–Trinajstić information content (AvgIpc) is 3.59. The van der Waals surface area contributed by atoms with Gasteiger partial charge >= 0.3 is 0 Å². The third kappa shape index (κ3) is 5.88. The Morgan fingerprint density at radius 3 is 2.41 bits per heavy atom. The molecular formula is C42H45N3O8Si. The third-order valence-corrected chi connectivity index (χ3v) is 14.2. The Hall–Kier alpha value is -5.01. The van der Waals surface area contributed by atoms with Crippen molar-refractivity contribution in [1.29, 1.82) is 0 Å². The summed E-state index contributed by atoms with van der Waals surface area (Å²) in [5.74, 6) is 0.0919. The summed E-state index contributed by atoms with van der Waals surface area (Å²) in [6, 6.07) is 28.0. The first-order valence-corrected chi connectivity index (χ1v) is 21.5. The summed E-state index contributed by atoms with van der Waals surface area (Å²) in [7, 11) is -1.48. The highest BCUT2D eigenvalue weighted by Gasteiger charge is 2.66. The molecule has 5 atom stereocenters. The number of amides is 3. The quantitative estimate of drug-likeness (QED) is 0.229. The van der Waals surface area contributed by atoms with Crippen LogP contribution in [0.4, 0.5) is 17.1 Å². The van der Waals surface area contributed by atoms with Crippen molar-refractivity contribution in [3.63, 3.8) is 0 Å². The second-order valence-corrected chi connectivity index (χ2v) is 19.3. The Morgan fingerprint density at radius 2 is 1.69 bits per heavy atom. The molecule has 0 saturated carbocycles. The first kappa shape index (κ1) is 36.0. The number of benzene rings is 4. The number of hydrogen-bond donors (Lipinski definition) is 2. The zero-order valence-electron chi connectivity index (χ0n) is 30.9. The number of ether oxygens (including phenoxy) is 3. The van der Waals surface area contributed by atoms with Crippen LogP contribution in [0.15, 0.2) is 91.0 Å². The van der Waals surface area contributed by atoms with Crippen LogP contribution in [0.5, 0.6) is 11.5 Å². The largest absolute Gasteiger partial charge is 0.497 e. The van der Waals surface area contributed by atoms with Gasteiger partial charge in [-0.05, 0) is 78.7 Å². The van der Waals surface area contributed by atoms with Crippen LogP contribution in [0.25, 0.3) is 0 Å². The highest BCUT2D eigenvalue weighted by Crippen LogP contribution is 2.60. The zero-order chi connectivity index (χ0) is 37.9. The van der Waals surface area contributed by atoms with E-state index >= 15 is 4.79 Å². The lowest BCUT2D eigenvalue weighted by Crippen LogP contribution is -2.48. The Balaban J connectivity index is 1.10. The van der Waals surface area contributed by atoms with Gasteiger partial charge in [0.1, 0.15) is 11.5 Å². The summed E-state index contributed by atoms with van der Waals surface area (Å²) in [5.41, 5.74) is 3.74. The molecule has 4 aliphatic heterocycles. The Kier molecular flexibility index (Phi) is 9.12. The highest BCUT2D eigenvalue weighted by molar-refractivity contribution is 6.71. The van der Waals surface area contributed by atoms with Gasteiger partial charge in [0, 0.05) is 29.3 Å². The van der Waals surface area contributed by atoms with Gasteiger partial charge in [0.15, 0.2) is 20.5 Å². The van der Waals surface area contributed by atoms with Crippen molar-refractivity contribution in [3.8, 4) is 11.5 Å². The van der Waals surface area contributed by atoms with Gasteiger partial charge in [0.2, 0.25) is 5.91 Å². The van der Waals surface area contributed by atoms with E-state index in [-0.39, 0.29) is 49.9 Å². The predicted octanol–water partition coefficient (Wildman–Crippen LogP) is 5.43. The average molecular weight is 748 g/mol. The van der Waals surface area contributed by atoms with Gasteiger partial charge in [0.05, 0.1) is 50.2 Å². The maximum absolute atomic E-state index is 15.0. The molecule has 4 aromatic rings. The monoisotopic (exact) mass is 747 g/mol. The van der Waals surface area contributed by atoms with Gasteiger partial charge in [-0.25, -0.2) is 0 Å². The van der Waals surface area contributed by atoms with Gasteiger partial charge in [-0.15, -0.1) is 0 Å². The smallest absolute Gasteiger partial charge is 0.269 e. The SMILES string of the molecule is COc1ccc2c(c1)[C@@]1(O[C@H](CC(=O)N3Cc4ccccc4C[C@H]3CO)[C@@H]([Si](C)(C)O)[C@@H]1C)C(=O)N2Cc1ccc(N2C(=O)COc3ccccc32)cc1. The summed E-state index contributed by atoms with van der Waals surface area (Å²) in [4.78, 5) is 59.1. The number of carbonyl (C=O) groups is 3. The van der Waals surface area contributed by atoms with E-state index in [1.165, 1.54) is 0 Å². The highest BCUT2D eigenvalue weighted by atomic mass is 28.4. The molecule has 12 heteroatoms. The molecule has 4 aliphatic rings. The fourth-order valence-electron chi connectivity index (χ4n) is 9.19. The summed E-state index contributed by atoms with van der Waals surface area (Å²) < 4.78 is 18.2. The molecular weight excluding hydrogens is 703 g/mol. The lowest BCUT2D eigenvalue weighted by Gasteiger charge is -2.37. The number of carbonyl (C=O) groups excluding carboxylic acids is 3. The van der Waals surface area contributed by atoms with Crippen molar-refractivity contribution in [2.75, 3.05) is 30.1 Å². The van der Waals surface area contributed by atoms with E-state index in [1.807, 2.05) is 111 Å². The molecule has 54 heavy (non-hydrogen) atoms. The van der Waals surface area contributed by atoms with Gasteiger partial charge in [-0.3, -0.25) is 19.3 Å². The molecule has 4 heterocycles. The van der Waals surface area contributed by atoms with Crippen LogP contribution in [0.3, 0.4) is 0 Å². The number of fused-ring (bicyclic) bond motifs is 4. The van der Waals surface area contributed by atoms with Gasteiger partial charge in [-0.2, -0.15) is 0 Å². The molecule has 4 aromatic carbocycles. The fraction of sp³-hybridized carbons (Fsp3) is 0.357. The number of aliphatic hydroxyl groups excluding tert-OH is 1. The number of methoxy groups -OCH3 is 1. The predicted molar refractivity (Wildman–Crippen MR) is 205 cm³/mol. The van der Waals surface area contributed by atoms with E-state index in [2.05, 4.69) is 0 Å². The van der Waals surface area contributed by atoms with Crippen molar-refractivity contribution in [3.05, 3.63) is 113 Å². The number of aliphatic hydroxyl groups is 1. The van der Waals surface area contributed by atoms with Gasteiger partial charge in [0.25, 0.3) is 11.8 Å². The molecule has 1 fully saturated rings. The molecule has 8 rings (SSSR count). The van der Waals surface area contributed by atoms with Crippen LogP contribution in [0.1, 0.15) is 35.6 Å². The number of para-hydroxylation sites is 2. The third-order valence-electron chi connectivity index (χ3n) is 11.7. The Bertz CT molecular complexity index is 2120. The number of hydrogen-bond acceptors (Lipinski definition) is 8. The lowest BCUT2D eigenvalue weighted by molar-refractivity contribution is -0.151. The zero-order valence-corrected chi connectivity index (χ0v) is 31.9. The van der Waals surface area contributed by atoms with Gasteiger partial charge < -0.3 is 33.9 Å². The minimum absolute atomic E-state index is 0.0379. The molecule has 0 aromatic heterocycles. The van der Waals surface area contributed by atoms with E-state index in [1.54, 1.807) is 21.8 Å². The first-order valence-electron chi connectivity index (χ1n) is 18.5. The van der Waals surface area contributed by atoms with Crippen LogP contribution >= 0.6 is 0 Å². The fourth-order valence-corrected chi connectivity index (χ4v) is 11.7. The first-order chi connectivity index (χ1) is 25.9. The molecule has 0 radical (unpaired) electrons. The molecule has 0 bridgehead atoms. The van der Waals surface area contributed by atoms with Gasteiger partial charge in [-0.1, -0.05) is 55.5 Å². The number of rotatable bonds is 8. The van der Waals surface area contributed by atoms with Crippen molar-refractivity contribution in [2.45, 2.75) is 69.2 Å². The summed E-state index contributed by atoms with van der Waals surface area (Å²) in [6.45, 7) is 5.99. The topological polar surface area (TPSA) is 129 Å². The van der Waals surface area contributed by atoms with E-state index in [4.69, 9.17) is 14.2 Å². The van der Waals surface area contributed by atoms with Crippen LogP contribution in [0, 0.1) is 5.92 Å². The Labute approximate surface area is 315 Å². The van der Waals surface area contributed by atoms with Crippen molar-refractivity contribution in [2.24, 2.45) is 5.92 Å². The van der Waals surface area contributed by atoms with E-state index in [0.717, 1.165) is 16.7 Å².